The third kappa shape index (κ3) is 2.87. The molecule has 0 spiro atoms. The third-order valence-corrected chi connectivity index (χ3v) is 9.42. The molecule has 0 aromatic heterocycles. The van der Waals surface area contributed by atoms with E-state index < -0.39 is 5.60 Å². The van der Waals surface area contributed by atoms with Gasteiger partial charge < -0.3 is 20.8 Å². The Morgan fingerprint density at radius 2 is 1.89 bits per heavy atom. The van der Waals surface area contributed by atoms with Gasteiger partial charge >= 0.3 is 0 Å². The fraction of sp³-hybridized carbons (Fsp3) is 0.955. The summed E-state index contributed by atoms with van der Waals surface area (Å²) in [5, 5.41) is 26.4. The van der Waals surface area contributed by atoms with Gasteiger partial charge in [0.25, 0.3) is 0 Å². The highest BCUT2D eigenvalue weighted by Crippen LogP contribution is 2.68. The predicted octanol–water partition coefficient (Wildman–Crippen LogP) is 3.08. The number of nitrogens with zero attached hydrogens (tertiary/aromatic N) is 1. The van der Waals surface area contributed by atoms with E-state index in [2.05, 4.69) is 19.0 Å². The first-order chi connectivity index (χ1) is 12.8. The van der Waals surface area contributed by atoms with Crippen molar-refractivity contribution in [2.24, 2.45) is 45.4 Å². The summed E-state index contributed by atoms with van der Waals surface area (Å²) in [5.41, 5.74) is 5.05. The van der Waals surface area contributed by atoms with Crippen LogP contribution in [0.25, 0.3) is 0 Å². The Balaban J connectivity index is 1.56. The summed E-state index contributed by atoms with van der Waals surface area (Å²) in [5.74, 6) is 1.88. The Kier molecular flexibility index (Phi) is 5.09. The Labute approximate surface area is 163 Å². The second-order valence-corrected chi connectivity index (χ2v) is 10.3. The molecule has 0 amide bonds. The average Bonchev–Trinajstić information content (AvgIpc) is 2.91. The molecule has 0 heterocycles. The summed E-state index contributed by atoms with van der Waals surface area (Å²) in [6.45, 7) is 5.66. The fourth-order valence-electron chi connectivity index (χ4n) is 7.70. The van der Waals surface area contributed by atoms with Crippen LogP contribution in [0.5, 0.6) is 0 Å². The predicted molar refractivity (Wildman–Crippen MR) is 106 cm³/mol. The van der Waals surface area contributed by atoms with Crippen molar-refractivity contribution >= 4 is 6.21 Å². The minimum Gasteiger partial charge on any atom is -0.395 e. The molecule has 5 heteroatoms. The number of aliphatic hydroxyl groups excluding tert-OH is 1. The summed E-state index contributed by atoms with van der Waals surface area (Å²) in [6, 6.07) is 0. The fourth-order valence-corrected chi connectivity index (χ4v) is 7.70. The molecule has 4 aliphatic carbocycles. The van der Waals surface area contributed by atoms with E-state index in [1.165, 1.54) is 6.42 Å². The Bertz CT molecular complexity index is 584. The van der Waals surface area contributed by atoms with E-state index in [0.717, 1.165) is 51.4 Å². The van der Waals surface area contributed by atoms with Gasteiger partial charge in [-0.3, -0.25) is 0 Å². The van der Waals surface area contributed by atoms with E-state index in [-0.39, 0.29) is 22.9 Å². The van der Waals surface area contributed by atoms with E-state index in [4.69, 9.17) is 10.6 Å². The minimum atomic E-state index is -0.593. The highest BCUT2D eigenvalue weighted by Gasteiger charge is 2.66. The molecule has 4 saturated carbocycles. The first-order valence-corrected chi connectivity index (χ1v) is 11.1. The molecule has 5 nitrogen and oxygen atoms in total. The molecule has 0 bridgehead atoms. The van der Waals surface area contributed by atoms with Crippen molar-refractivity contribution in [3.8, 4) is 0 Å². The molecule has 4 N–H and O–H groups in total. The van der Waals surface area contributed by atoms with E-state index in [1.807, 2.05) is 6.21 Å². The highest BCUT2D eigenvalue weighted by atomic mass is 16.6. The number of hydrogen-bond donors (Lipinski definition) is 3. The number of nitrogens with two attached hydrogens (primary N) is 1. The molecule has 0 radical (unpaired) electrons. The van der Waals surface area contributed by atoms with Crippen LogP contribution in [0.15, 0.2) is 5.16 Å². The number of aliphatic hydroxyl groups is 2. The van der Waals surface area contributed by atoms with Gasteiger partial charge in [0.05, 0.1) is 11.7 Å². The molecular formula is C22H38N2O3. The summed E-state index contributed by atoms with van der Waals surface area (Å²) in [7, 11) is 0. The Hall–Kier alpha value is -0.650. The Morgan fingerprint density at radius 1 is 1.07 bits per heavy atom. The molecular weight excluding hydrogens is 340 g/mol. The average molecular weight is 379 g/mol. The molecule has 27 heavy (non-hydrogen) atoms. The van der Waals surface area contributed by atoms with E-state index in [1.54, 1.807) is 0 Å². The maximum atomic E-state index is 12.0. The van der Waals surface area contributed by atoms with Crippen LogP contribution in [0.3, 0.4) is 0 Å². The van der Waals surface area contributed by atoms with Gasteiger partial charge in [0, 0.05) is 24.1 Å². The van der Waals surface area contributed by atoms with Crippen LogP contribution < -0.4 is 5.73 Å². The van der Waals surface area contributed by atoms with Crippen LogP contribution >= 0.6 is 0 Å². The lowest BCUT2D eigenvalue weighted by molar-refractivity contribution is -0.206. The normalized spacial score (nSPS) is 52.3. The molecule has 0 saturated heterocycles. The van der Waals surface area contributed by atoms with Gasteiger partial charge in [-0.15, -0.1) is 0 Å². The molecule has 4 rings (SSSR count). The number of hydrogen-bond acceptors (Lipinski definition) is 5. The van der Waals surface area contributed by atoms with Gasteiger partial charge in [-0.1, -0.05) is 19.0 Å². The van der Waals surface area contributed by atoms with Crippen molar-refractivity contribution in [3.63, 3.8) is 0 Å². The summed E-state index contributed by atoms with van der Waals surface area (Å²) in [6.07, 6.45) is 11.2. The molecule has 0 aromatic rings. The molecule has 154 valence electrons. The van der Waals surface area contributed by atoms with Crippen molar-refractivity contribution < 1.29 is 15.1 Å². The van der Waals surface area contributed by atoms with Crippen LogP contribution in [0.1, 0.15) is 71.6 Å². The molecule has 0 aliphatic heterocycles. The molecule has 0 unspecified atom stereocenters. The van der Waals surface area contributed by atoms with Crippen molar-refractivity contribution in [1.29, 1.82) is 0 Å². The first-order valence-electron chi connectivity index (χ1n) is 11.1. The van der Waals surface area contributed by atoms with Gasteiger partial charge in [0.2, 0.25) is 0 Å². The number of oxime groups is 1. The SMILES string of the molecule is C[C@]12CC[C@H](O)C[C@H]1CC[C@@H]1[C@@H]2CC[C@]2(C)[C@@H](C=NOCCN)CC[C@]12O. The van der Waals surface area contributed by atoms with Crippen molar-refractivity contribution in [3.05, 3.63) is 0 Å². The zero-order valence-electron chi connectivity index (χ0n) is 17.1. The Morgan fingerprint density at radius 3 is 2.67 bits per heavy atom. The smallest absolute Gasteiger partial charge is 0.129 e. The quantitative estimate of drug-likeness (QED) is 0.398. The monoisotopic (exact) mass is 378 g/mol. The summed E-state index contributed by atoms with van der Waals surface area (Å²) >= 11 is 0. The topological polar surface area (TPSA) is 88.1 Å². The van der Waals surface area contributed by atoms with Crippen molar-refractivity contribution in [1.82, 2.24) is 0 Å². The molecule has 8 atom stereocenters. The zero-order valence-corrected chi connectivity index (χ0v) is 17.1. The van der Waals surface area contributed by atoms with Gasteiger partial charge in [-0.25, -0.2) is 0 Å². The van der Waals surface area contributed by atoms with Gasteiger partial charge in [0.15, 0.2) is 0 Å². The van der Waals surface area contributed by atoms with Crippen molar-refractivity contribution in [2.45, 2.75) is 83.3 Å². The lowest BCUT2D eigenvalue weighted by atomic mass is 9.43. The van der Waals surface area contributed by atoms with Crippen LogP contribution in [0.4, 0.5) is 0 Å². The van der Waals surface area contributed by atoms with Gasteiger partial charge in [0.1, 0.15) is 6.61 Å². The number of rotatable bonds is 4. The van der Waals surface area contributed by atoms with E-state index >= 15 is 0 Å². The largest absolute Gasteiger partial charge is 0.395 e. The van der Waals surface area contributed by atoms with Crippen molar-refractivity contribution in [2.75, 3.05) is 13.2 Å². The lowest BCUT2D eigenvalue weighted by Crippen LogP contribution is -2.62. The zero-order chi connectivity index (χ0) is 19.3. The third-order valence-electron chi connectivity index (χ3n) is 9.42. The molecule has 4 fully saturated rings. The minimum absolute atomic E-state index is 0.110. The van der Waals surface area contributed by atoms with Crippen LogP contribution in [0.2, 0.25) is 0 Å². The molecule has 0 aromatic carbocycles. The van der Waals surface area contributed by atoms with Gasteiger partial charge in [-0.2, -0.15) is 0 Å². The second-order valence-electron chi connectivity index (χ2n) is 10.3. The second kappa shape index (κ2) is 7.00. The summed E-state index contributed by atoms with van der Waals surface area (Å²) < 4.78 is 0. The maximum Gasteiger partial charge on any atom is 0.129 e. The highest BCUT2D eigenvalue weighted by molar-refractivity contribution is 5.63. The lowest BCUT2D eigenvalue weighted by Gasteiger charge is -2.63. The van der Waals surface area contributed by atoms with Crippen LogP contribution in [-0.4, -0.2) is 41.3 Å². The molecule has 4 aliphatic rings. The maximum absolute atomic E-state index is 12.0. The van der Waals surface area contributed by atoms with Gasteiger partial charge in [-0.05, 0) is 81.0 Å². The van der Waals surface area contributed by atoms with E-state index in [9.17, 15) is 10.2 Å². The summed E-state index contributed by atoms with van der Waals surface area (Å²) in [4.78, 5) is 5.24. The number of fused-ring (bicyclic) bond motifs is 5. The first kappa shape index (κ1) is 19.7. The van der Waals surface area contributed by atoms with E-state index in [0.29, 0.717) is 30.9 Å². The van der Waals surface area contributed by atoms with Crippen LogP contribution in [-0.2, 0) is 4.84 Å². The van der Waals surface area contributed by atoms with Crippen LogP contribution in [0, 0.1) is 34.5 Å². The standard InChI is InChI=1S/C22H38N2O3/c1-20-8-6-17(25)13-15(20)3-4-19-18(20)7-9-21(2)16(5-10-22(19,21)26)14-24-27-12-11-23/h14-19,25-26H,3-13,23H2,1-2H3/t15-,16-,17+,18+,19-,20+,21-,22+/m1/s1.